The van der Waals surface area contributed by atoms with Crippen LogP contribution in [0.1, 0.15) is 32.1 Å². The number of fused-ring (bicyclic) bond motifs is 1. The molecule has 0 bridgehead atoms. The Labute approximate surface area is 87.8 Å². The Kier molecular flexibility index (Phi) is 1.71. The van der Waals surface area contributed by atoms with Crippen molar-refractivity contribution in [3.05, 3.63) is 0 Å². The molecule has 2 N–H and O–H groups in total. The number of rotatable bonds is 2. The highest BCUT2D eigenvalue weighted by Crippen LogP contribution is 2.90. The minimum atomic E-state index is -2.46. The van der Waals surface area contributed by atoms with Crippen molar-refractivity contribution in [1.82, 2.24) is 0 Å². The fraction of sp³-hybridized carbons (Fsp3) is 1.00. The third-order valence-electron chi connectivity index (χ3n) is 5.08. The fourth-order valence-corrected chi connectivity index (χ4v) is 4.10. The summed E-state index contributed by atoms with van der Waals surface area (Å²) < 4.78 is 27.4. The van der Waals surface area contributed by atoms with E-state index in [9.17, 15) is 8.78 Å². The summed E-state index contributed by atoms with van der Waals surface area (Å²) in [4.78, 5) is 0. The summed E-state index contributed by atoms with van der Waals surface area (Å²) in [5.74, 6) is -2.37. The Morgan fingerprint density at radius 3 is 2.07 bits per heavy atom. The van der Waals surface area contributed by atoms with E-state index in [-0.39, 0.29) is 12.2 Å². The maximum absolute atomic E-state index is 13.7. The molecule has 84 valence electrons. The van der Waals surface area contributed by atoms with Crippen LogP contribution in [0.3, 0.4) is 0 Å². The molecule has 2 spiro atoms. The summed E-state index contributed by atoms with van der Waals surface area (Å²) in [7, 11) is -1.34. The zero-order valence-electron chi connectivity index (χ0n) is 8.55. The molecule has 0 atom stereocenters. The van der Waals surface area contributed by atoms with E-state index in [1.165, 1.54) is 0 Å². The SMILES string of the molecule is OB(O)CC1CC2(C1)C(F)(F)C21CCC1. The van der Waals surface area contributed by atoms with Gasteiger partial charge in [-0.3, -0.25) is 0 Å². The molecule has 0 aromatic heterocycles. The molecule has 15 heavy (non-hydrogen) atoms. The Hall–Kier alpha value is -0.155. The van der Waals surface area contributed by atoms with Gasteiger partial charge in [-0.15, -0.1) is 0 Å². The van der Waals surface area contributed by atoms with Crippen LogP contribution in [0.2, 0.25) is 6.32 Å². The number of hydrogen-bond donors (Lipinski definition) is 2. The number of alkyl halides is 2. The first-order valence-corrected chi connectivity index (χ1v) is 5.69. The second-order valence-corrected chi connectivity index (χ2v) is 5.58. The summed E-state index contributed by atoms with van der Waals surface area (Å²) in [6.45, 7) is 0. The molecule has 3 aliphatic carbocycles. The summed E-state index contributed by atoms with van der Waals surface area (Å²) in [5, 5.41) is 17.6. The van der Waals surface area contributed by atoms with Gasteiger partial charge in [0.05, 0.1) is 0 Å². The van der Waals surface area contributed by atoms with E-state index in [0.29, 0.717) is 25.7 Å². The first-order valence-electron chi connectivity index (χ1n) is 5.69. The zero-order chi connectivity index (χ0) is 10.9. The van der Waals surface area contributed by atoms with Crippen LogP contribution in [-0.2, 0) is 0 Å². The van der Waals surface area contributed by atoms with E-state index >= 15 is 0 Å². The summed E-state index contributed by atoms with van der Waals surface area (Å²) in [6.07, 6.45) is 3.54. The average molecular weight is 216 g/mol. The maximum Gasteiger partial charge on any atom is 0.451 e. The molecule has 0 aliphatic heterocycles. The van der Waals surface area contributed by atoms with E-state index in [0.717, 1.165) is 6.42 Å². The van der Waals surface area contributed by atoms with Crippen molar-refractivity contribution < 1.29 is 18.8 Å². The molecule has 0 radical (unpaired) electrons. The minimum absolute atomic E-state index is 0.0934. The molecule has 0 amide bonds. The van der Waals surface area contributed by atoms with Crippen LogP contribution in [-0.4, -0.2) is 23.1 Å². The van der Waals surface area contributed by atoms with Crippen molar-refractivity contribution in [3.8, 4) is 0 Å². The quantitative estimate of drug-likeness (QED) is 0.689. The Morgan fingerprint density at radius 1 is 1.13 bits per heavy atom. The Balaban J connectivity index is 1.67. The van der Waals surface area contributed by atoms with Crippen molar-refractivity contribution >= 4 is 7.12 Å². The van der Waals surface area contributed by atoms with Crippen molar-refractivity contribution in [2.45, 2.75) is 44.3 Å². The van der Waals surface area contributed by atoms with Gasteiger partial charge in [0.1, 0.15) is 0 Å². The van der Waals surface area contributed by atoms with Crippen LogP contribution in [0.25, 0.3) is 0 Å². The molecule has 0 aromatic carbocycles. The monoisotopic (exact) mass is 216 g/mol. The largest absolute Gasteiger partial charge is 0.451 e. The standard InChI is InChI=1S/C10H15BF2O2/c12-10(13)8(2-1-3-8)9(10)4-7(5-9)6-11(14)15/h7,14-15H,1-6H2. The van der Waals surface area contributed by atoms with E-state index in [1.54, 1.807) is 0 Å². The molecule has 0 unspecified atom stereocenters. The van der Waals surface area contributed by atoms with Gasteiger partial charge in [-0.1, -0.05) is 6.42 Å². The van der Waals surface area contributed by atoms with Gasteiger partial charge in [-0.25, -0.2) is 8.78 Å². The normalized spacial score (nSPS) is 43.6. The predicted octanol–water partition coefficient (Wildman–Crippen LogP) is 1.67. The van der Waals surface area contributed by atoms with Gasteiger partial charge in [0.25, 0.3) is 5.92 Å². The Morgan fingerprint density at radius 2 is 1.73 bits per heavy atom. The van der Waals surface area contributed by atoms with E-state index in [1.807, 2.05) is 0 Å². The van der Waals surface area contributed by atoms with Crippen molar-refractivity contribution in [2.75, 3.05) is 0 Å². The summed E-state index contributed by atoms with van der Waals surface area (Å²) in [5.41, 5.74) is -1.41. The molecule has 0 saturated heterocycles. The van der Waals surface area contributed by atoms with Crippen LogP contribution < -0.4 is 0 Å². The molecule has 3 aliphatic rings. The Bertz CT molecular complexity index is 296. The first kappa shape index (κ1) is 10.0. The highest BCUT2D eigenvalue weighted by atomic mass is 19.3. The molecule has 0 aromatic rings. The topological polar surface area (TPSA) is 40.5 Å². The lowest BCUT2D eigenvalue weighted by Crippen LogP contribution is -2.36. The van der Waals surface area contributed by atoms with Crippen LogP contribution in [0.5, 0.6) is 0 Å². The van der Waals surface area contributed by atoms with Crippen molar-refractivity contribution in [1.29, 1.82) is 0 Å². The van der Waals surface area contributed by atoms with Gasteiger partial charge in [0.2, 0.25) is 0 Å². The first-order chi connectivity index (χ1) is 6.95. The zero-order valence-corrected chi connectivity index (χ0v) is 8.55. The lowest BCUT2D eigenvalue weighted by atomic mass is 9.57. The smallest absolute Gasteiger partial charge is 0.427 e. The van der Waals surface area contributed by atoms with Crippen molar-refractivity contribution in [3.63, 3.8) is 0 Å². The van der Waals surface area contributed by atoms with Crippen LogP contribution in [0.15, 0.2) is 0 Å². The molecule has 3 saturated carbocycles. The fourth-order valence-electron chi connectivity index (χ4n) is 4.10. The van der Waals surface area contributed by atoms with E-state index in [2.05, 4.69) is 0 Å². The molecule has 3 rings (SSSR count). The van der Waals surface area contributed by atoms with Gasteiger partial charge in [0, 0.05) is 10.8 Å². The highest BCUT2D eigenvalue weighted by molar-refractivity contribution is 6.41. The highest BCUT2D eigenvalue weighted by Gasteiger charge is 2.93. The van der Waals surface area contributed by atoms with Crippen LogP contribution in [0, 0.1) is 16.7 Å². The molecule has 3 fully saturated rings. The van der Waals surface area contributed by atoms with Crippen molar-refractivity contribution in [2.24, 2.45) is 16.7 Å². The van der Waals surface area contributed by atoms with E-state index < -0.39 is 23.9 Å². The molecule has 0 heterocycles. The number of halogens is 2. The minimum Gasteiger partial charge on any atom is -0.427 e. The van der Waals surface area contributed by atoms with Crippen LogP contribution in [0.4, 0.5) is 8.78 Å². The molecule has 5 heteroatoms. The third kappa shape index (κ3) is 0.885. The maximum atomic E-state index is 13.7. The lowest BCUT2D eigenvalue weighted by molar-refractivity contribution is 0.000396. The van der Waals surface area contributed by atoms with Gasteiger partial charge in [-0.2, -0.15) is 0 Å². The van der Waals surface area contributed by atoms with Gasteiger partial charge in [0.15, 0.2) is 0 Å². The summed E-state index contributed by atoms with van der Waals surface area (Å²) in [6, 6.07) is 0. The second kappa shape index (κ2) is 2.56. The third-order valence-corrected chi connectivity index (χ3v) is 5.08. The van der Waals surface area contributed by atoms with Gasteiger partial charge in [-0.05, 0) is 37.9 Å². The summed E-state index contributed by atoms with van der Waals surface area (Å²) >= 11 is 0. The molecular formula is C10H15BF2O2. The van der Waals surface area contributed by atoms with Gasteiger partial charge >= 0.3 is 7.12 Å². The number of hydrogen-bond acceptors (Lipinski definition) is 2. The second-order valence-electron chi connectivity index (χ2n) is 5.58. The average Bonchev–Trinajstić information content (AvgIpc) is 2.39. The predicted molar refractivity (Wildman–Crippen MR) is 51.4 cm³/mol. The van der Waals surface area contributed by atoms with Gasteiger partial charge < -0.3 is 10.0 Å². The molecule has 2 nitrogen and oxygen atoms in total. The van der Waals surface area contributed by atoms with E-state index in [4.69, 9.17) is 10.0 Å². The lowest BCUT2D eigenvalue weighted by Gasteiger charge is -2.41. The van der Waals surface area contributed by atoms with Crippen LogP contribution >= 0.6 is 0 Å². The molecular weight excluding hydrogens is 201 g/mol.